The molecule has 1 aromatic carbocycles. The van der Waals surface area contributed by atoms with E-state index in [-0.39, 0.29) is 18.2 Å². The largest absolute Gasteiger partial charge is 0.274 e. The van der Waals surface area contributed by atoms with Gasteiger partial charge in [0.1, 0.15) is 11.1 Å². The molecule has 0 spiro atoms. The van der Waals surface area contributed by atoms with Gasteiger partial charge in [-0.05, 0) is 30.7 Å². The van der Waals surface area contributed by atoms with Crippen LogP contribution in [0.5, 0.6) is 0 Å². The van der Waals surface area contributed by atoms with E-state index < -0.39 is 5.25 Å². The molecule has 1 fully saturated rings. The van der Waals surface area contributed by atoms with E-state index in [1.165, 1.54) is 16.7 Å². The third kappa shape index (κ3) is 3.57. The molecule has 1 aliphatic heterocycles. The number of carbonyl (C=O) groups is 2. The molecule has 0 unspecified atom stereocenters. The zero-order valence-corrected chi connectivity index (χ0v) is 14.6. The van der Waals surface area contributed by atoms with Crippen molar-refractivity contribution in [2.75, 3.05) is 4.90 Å². The maximum atomic E-state index is 12.7. The van der Waals surface area contributed by atoms with Crippen LogP contribution in [0, 0.1) is 11.3 Å². The SMILES string of the molecule is CCCc1ccc(C#N)c(S[C@@H]2CC(=O)N(c3ccccc3)C2=O)n1. The molecular weight excluding hydrogens is 334 g/mol. The minimum absolute atomic E-state index is 0.114. The lowest BCUT2D eigenvalue weighted by Gasteiger charge is -2.14. The number of pyridine rings is 1. The molecule has 0 aliphatic carbocycles. The van der Waals surface area contributed by atoms with Crippen molar-refractivity contribution in [3.63, 3.8) is 0 Å². The zero-order chi connectivity index (χ0) is 17.8. The summed E-state index contributed by atoms with van der Waals surface area (Å²) in [4.78, 5) is 30.8. The third-order valence-electron chi connectivity index (χ3n) is 3.92. The molecule has 6 heteroatoms. The first-order valence-corrected chi connectivity index (χ1v) is 9.00. The molecule has 126 valence electrons. The van der Waals surface area contributed by atoms with Gasteiger partial charge in [-0.3, -0.25) is 9.59 Å². The quantitative estimate of drug-likeness (QED) is 0.773. The number of nitrogens with zero attached hydrogens (tertiary/aromatic N) is 3. The number of aryl methyl sites for hydroxylation is 1. The van der Waals surface area contributed by atoms with Crippen LogP contribution in [-0.2, 0) is 16.0 Å². The average Bonchev–Trinajstić information content (AvgIpc) is 2.90. The number of hydrogen-bond acceptors (Lipinski definition) is 5. The Labute approximate surface area is 150 Å². The fourth-order valence-electron chi connectivity index (χ4n) is 2.73. The molecule has 0 N–H and O–H groups in total. The minimum Gasteiger partial charge on any atom is -0.274 e. The van der Waals surface area contributed by atoms with Gasteiger partial charge in [0, 0.05) is 12.1 Å². The normalized spacial score (nSPS) is 17.0. The highest BCUT2D eigenvalue weighted by atomic mass is 32.2. The van der Waals surface area contributed by atoms with Gasteiger partial charge in [-0.2, -0.15) is 5.26 Å². The van der Waals surface area contributed by atoms with Crippen molar-refractivity contribution in [2.45, 2.75) is 36.5 Å². The lowest BCUT2D eigenvalue weighted by atomic mass is 10.2. The van der Waals surface area contributed by atoms with Gasteiger partial charge in [-0.25, -0.2) is 9.88 Å². The van der Waals surface area contributed by atoms with Gasteiger partial charge in [0.05, 0.1) is 16.5 Å². The second-order valence-electron chi connectivity index (χ2n) is 5.73. The predicted molar refractivity (Wildman–Crippen MR) is 96.1 cm³/mol. The fraction of sp³-hybridized carbons (Fsp3) is 0.263. The van der Waals surface area contributed by atoms with Crippen molar-refractivity contribution in [1.29, 1.82) is 5.26 Å². The number of hydrogen-bond donors (Lipinski definition) is 0. The molecule has 0 saturated carbocycles. The monoisotopic (exact) mass is 351 g/mol. The molecule has 1 atom stereocenters. The summed E-state index contributed by atoms with van der Waals surface area (Å²) in [6.45, 7) is 2.06. The van der Waals surface area contributed by atoms with Crippen LogP contribution in [0.3, 0.4) is 0 Å². The van der Waals surface area contributed by atoms with Gasteiger partial charge in [-0.15, -0.1) is 0 Å². The molecule has 1 aliphatic rings. The van der Waals surface area contributed by atoms with Crippen LogP contribution in [0.1, 0.15) is 31.0 Å². The van der Waals surface area contributed by atoms with Gasteiger partial charge >= 0.3 is 0 Å². The zero-order valence-electron chi connectivity index (χ0n) is 13.8. The van der Waals surface area contributed by atoms with Crippen molar-refractivity contribution >= 4 is 29.3 Å². The van der Waals surface area contributed by atoms with E-state index in [2.05, 4.69) is 18.0 Å². The Morgan fingerprint density at radius 1 is 1.24 bits per heavy atom. The molecule has 2 heterocycles. The molecular formula is C19H17N3O2S. The minimum atomic E-state index is -0.552. The predicted octanol–water partition coefficient (Wildman–Crippen LogP) is 3.33. The summed E-state index contributed by atoms with van der Waals surface area (Å²) >= 11 is 1.21. The number of para-hydroxylation sites is 1. The lowest BCUT2D eigenvalue weighted by Crippen LogP contribution is -2.31. The second-order valence-corrected chi connectivity index (χ2v) is 6.92. The molecule has 25 heavy (non-hydrogen) atoms. The van der Waals surface area contributed by atoms with Crippen LogP contribution < -0.4 is 4.90 Å². The molecule has 5 nitrogen and oxygen atoms in total. The number of aromatic nitrogens is 1. The van der Waals surface area contributed by atoms with Crippen LogP contribution in [0.2, 0.25) is 0 Å². The molecule has 1 saturated heterocycles. The van der Waals surface area contributed by atoms with Crippen LogP contribution in [-0.4, -0.2) is 22.0 Å². The average molecular weight is 351 g/mol. The Kier molecular flexibility index (Phi) is 5.15. The van der Waals surface area contributed by atoms with Crippen LogP contribution >= 0.6 is 11.8 Å². The molecule has 2 amide bonds. The Bertz CT molecular complexity index is 845. The topological polar surface area (TPSA) is 74.1 Å². The van der Waals surface area contributed by atoms with Crippen molar-refractivity contribution < 1.29 is 9.59 Å². The first-order valence-electron chi connectivity index (χ1n) is 8.12. The fourth-order valence-corrected chi connectivity index (χ4v) is 3.84. The van der Waals surface area contributed by atoms with Gasteiger partial charge in [0.2, 0.25) is 11.8 Å². The lowest BCUT2D eigenvalue weighted by molar-refractivity contribution is -0.121. The number of benzene rings is 1. The Morgan fingerprint density at radius 3 is 2.68 bits per heavy atom. The highest BCUT2D eigenvalue weighted by Gasteiger charge is 2.40. The van der Waals surface area contributed by atoms with Crippen LogP contribution in [0.4, 0.5) is 5.69 Å². The summed E-state index contributed by atoms with van der Waals surface area (Å²) in [5.74, 6) is -0.482. The van der Waals surface area contributed by atoms with Gasteiger partial charge in [0.15, 0.2) is 0 Å². The first-order chi connectivity index (χ1) is 12.1. The van der Waals surface area contributed by atoms with Crippen molar-refractivity contribution in [2.24, 2.45) is 0 Å². The Balaban J connectivity index is 1.85. The Morgan fingerprint density at radius 2 is 2.00 bits per heavy atom. The van der Waals surface area contributed by atoms with E-state index in [0.717, 1.165) is 18.5 Å². The summed E-state index contributed by atoms with van der Waals surface area (Å²) in [6, 6.07) is 14.6. The molecule has 0 bridgehead atoms. The summed E-state index contributed by atoms with van der Waals surface area (Å²) in [6.07, 6.45) is 1.88. The van der Waals surface area contributed by atoms with Crippen molar-refractivity contribution in [1.82, 2.24) is 4.98 Å². The standard InChI is InChI=1S/C19H17N3O2S/c1-2-6-14-10-9-13(12-20)18(21-14)25-16-11-17(23)22(19(16)24)15-7-4-3-5-8-15/h3-5,7-10,16H,2,6,11H2,1H3/t16-/m1/s1. The van der Waals surface area contributed by atoms with E-state index in [4.69, 9.17) is 0 Å². The third-order valence-corrected chi connectivity index (χ3v) is 5.11. The highest BCUT2D eigenvalue weighted by molar-refractivity contribution is 8.00. The number of amides is 2. The maximum absolute atomic E-state index is 12.7. The van der Waals surface area contributed by atoms with Gasteiger partial charge in [-0.1, -0.05) is 43.3 Å². The highest BCUT2D eigenvalue weighted by Crippen LogP contribution is 2.34. The van der Waals surface area contributed by atoms with E-state index in [1.807, 2.05) is 12.1 Å². The van der Waals surface area contributed by atoms with Crippen molar-refractivity contribution in [3.8, 4) is 6.07 Å². The summed E-state index contributed by atoms with van der Waals surface area (Å²) < 4.78 is 0. The van der Waals surface area contributed by atoms with E-state index in [9.17, 15) is 14.9 Å². The Hall–Kier alpha value is -2.65. The van der Waals surface area contributed by atoms with Gasteiger partial charge in [0.25, 0.3) is 0 Å². The van der Waals surface area contributed by atoms with E-state index in [1.54, 1.807) is 30.3 Å². The number of thioether (sulfide) groups is 1. The number of rotatable bonds is 5. The molecule has 2 aromatic rings. The van der Waals surface area contributed by atoms with E-state index in [0.29, 0.717) is 16.3 Å². The first kappa shape index (κ1) is 17.2. The van der Waals surface area contributed by atoms with Crippen LogP contribution in [0.25, 0.3) is 0 Å². The maximum Gasteiger partial charge on any atom is 0.247 e. The molecule has 0 radical (unpaired) electrons. The number of anilines is 1. The van der Waals surface area contributed by atoms with E-state index >= 15 is 0 Å². The summed E-state index contributed by atoms with van der Waals surface area (Å²) in [5.41, 5.74) is 1.90. The molecule has 1 aromatic heterocycles. The number of imide groups is 1. The molecule has 3 rings (SSSR count). The second kappa shape index (κ2) is 7.49. The summed E-state index contributed by atoms with van der Waals surface area (Å²) in [5, 5.41) is 9.27. The summed E-state index contributed by atoms with van der Waals surface area (Å²) in [7, 11) is 0. The van der Waals surface area contributed by atoms with Crippen LogP contribution in [0.15, 0.2) is 47.5 Å². The van der Waals surface area contributed by atoms with Gasteiger partial charge < -0.3 is 0 Å². The smallest absolute Gasteiger partial charge is 0.247 e. The number of nitriles is 1. The number of carbonyl (C=O) groups excluding carboxylic acids is 2. The van der Waals surface area contributed by atoms with Crippen molar-refractivity contribution in [3.05, 3.63) is 53.7 Å².